The van der Waals surface area contributed by atoms with Crippen LogP contribution in [0.5, 0.6) is 0 Å². The first-order chi connectivity index (χ1) is 10.0. The predicted octanol–water partition coefficient (Wildman–Crippen LogP) is 2.27. The van der Waals surface area contributed by atoms with Gasteiger partial charge in [0.15, 0.2) is 5.69 Å². The fourth-order valence-electron chi connectivity index (χ4n) is 2.66. The molecule has 1 atom stereocenters. The highest BCUT2D eigenvalue weighted by molar-refractivity contribution is 5.95. The van der Waals surface area contributed by atoms with Crippen molar-refractivity contribution in [3.05, 3.63) is 17.0 Å². The Hall–Kier alpha value is -1.85. The molecule has 0 aromatic carbocycles. The van der Waals surface area contributed by atoms with Crippen LogP contribution in [0.25, 0.3) is 0 Å². The van der Waals surface area contributed by atoms with E-state index >= 15 is 0 Å². The summed E-state index contributed by atoms with van der Waals surface area (Å²) in [5.41, 5.74) is 1.17. The largest absolute Gasteiger partial charge is 0.480 e. The molecule has 0 fully saturated rings. The highest BCUT2D eigenvalue weighted by Crippen LogP contribution is 2.25. The second-order valence-corrected chi connectivity index (χ2v) is 5.58. The number of carboxylic acids is 1. The van der Waals surface area contributed by atoms with Crippen LogP contribution in [0.15, 0.2) is 4.52 Å². The lowest BCUT2D eigenvalue weighted by atomic mass is 10.1. The Labute approximate surface area is 124 Å². The van der Waals surface area contributed by atoms with Gasteiger partial charge in [-0.15, -0.1) is 0 Å². The van der Waals surface area contributed by atoms with Gasteiger partial charge in [-0.05, 0) is 32.6 Å². The van der Waals surface area contributed by atoms with Gasteiger partial charge in [-0.2, -0.15) is 0 Å². The minimum atomic E-state index is -1.02. The van der Waals surface area contributed by atoms with Gasteiger partial charge in [-0.1, -0.05) is 18.5 Å². The molecule has 2 rings (SSSR count). The van der Waals surface area contributed by atoms with Crippen molar-refractivity contribution in [3.63, 3.8) is 0 Å². The molecule has 6 heteroatoms. The molecular weight excluding hydrogens is 272 g/mol. The number of rotatable bonds is 5. The standard InChI is InChI=1S/C15H22N2O4/c1-3-10(2)17(9-13(18)19)15(20)14-11-7-5-4-6-8-12(11)21-16-14/h10H,3-9H2,1-2H3,(H,18,19). The number of nitrogens with zero attached hydrogens (tertiary/aromatic N) is 2. The van der Waals surface area contributed by atoms with Crippen LogP contribution >= 0.6 is 0 Å². The van der Waals surface area contributed by atoms with E-state index in [-0.39, 0.29) is 18.5 Å². The van der Waals surface area contributed by atoms with E-state index in [9.17, 15) is 9.59 Å². The first-order valence-electron chi connectivity index (χ1n) is 7.54. The lowest BCUT2D eigenvalue weighted by Gasteiger charge is -2.26. The SMILES string of the molecule is CCC(C)N(CC(=O)O)C(=O)c1noc2c1CCCCC2. The molecule has 21 heavy (non-hydrogen) atoms. The van der Waals surface area contributed by atoms with Crippen LogP contribution < -0.4 is 0 Å². The van der Waals surface area contributed by atoms with Crippen LogP contribution in [0.3, 0.4) is 0 Å². The summed E-state index contributed by atoms with van der Waals surface area (Å²) < 4.78 is 5.31. The normalized spacial score (nSPS) is 15.9. The summed E-state index contributed by atoms with van der Waals surface area (Å²) in [6.45, 7) is 3.46. The van der Waals surface area contributed by atoms with Crippen molar-refractivity contribution in [2.24, 2.45) is 0 Å². The number of amides is 1. The van der Waals surface area contributed by atoms with Gasteiger partial charge in [0, 0.05) is 18.0 Å². The number of hydrogen-bond donors (Lipinski definition) is 1. The molecule has 116 valence electrons. The van der Waals surface area contributed by atoms with Crippen molar-refractivity contribution in [1.82, 2.24) is 10.1 Å². The van der Waals surface area contributed by atoms with Crippen LogP contribution in [-0.4, -0.2) is 39.6 Å². The van der Waals surface area contributed by atoms with Crippen molar-refractivity contribution >= 4 is 11.9 Å². The van der Waals surface area contributed by atoms with Gasteiger partial charge in [0.2, 0.25) is 0 Å². The summed E-state index contributed by atoms with van der Waals surface area (Å²) >= 11 is 0. The van der Waals surface area contributed by atoms with Crippen molar-refractivity contribution < 1.29 is 19.2 Å². The van der Waals surface area contributed by atoms with E-state index < -0.39 is 5.97 Å². The van der Waals surface area contributed by atoms with Crippen LogP contribution in [0.2, 0.25) is 0 Å². The lowest BCUT2D eigenvalue weighted by molar-refractivity contribution is -0.138. The molecule has 1 heterocycles. The molecule has 0 bridgehead atoms. The Kier molecular flexibility index (Phi) is 4.98. The zero-order chi connectivity index (χ0) is 15.4. The van der Waals surface area contributed by atoms with E-state index in [1.54, 1.807) is 0 Å². The molecule has 1 aromatic heterocycles. The molecular formula is C15H22N2O4. The van der Waals surface area contributed by atoms with E-state index in [0.717, 1.165) is 43.4 Å². The minimum absolute atomic E-state index is 0.147. The number of carbonyl (C=O) groups excluding carboxylic acids is 1. The number of aryl methyl sites for hydroxylation is 1. The van der Waals surface area contributed by atoms with Gasteiger partial charge in [0.1, 0.15) is 12.3 Å². The van der Waals surface area contributed by atoms with Crippen LogP contribution in [0.1, 0.15) is 61.3 Å². The first kappa shape index (κ1) is 15.5. The maximum absolute atomic E-state index is 12.7. The molecule has 0 saturated carbocycles. The monoisotopic (exact) mass is 294 g/mol. The number of aliphatic carboxylic acids is 1. The highest BCUT2D eigenvalue weighted by Gasteiger charge is 2.29. The third kappa shape index (κ3) is 3.43. The second-order valence-electron chi connectivity index (χ2n) is 5.58. The second kappa shape index (κ2) is 6.74. The van der Waals surface area contributed by atoms with Gasteiger partial charge in [0.25, 0.3) is 5.91 Å². The van der Waals surface area contributed by atoms with E-state index in [4.69, 9.17) is 9.63 Å². The number of carbonyl (C=O) groups is 2. The maximum atomic E-state index is 12.7. The average molecular weight is 294 g/mol. The lowest BCUT2D eigenvalue weighted by Crippen LogP contribution is -2.42. The zero-order valence-electron chi connectivity index (χ0n) is 12.6. The number of fused-ring (bicyclic) bond motifs is 1. The van der Waals surface area contributed by atoms with Gasteiger partial charge in [-0.3, -0.25) is 9.59 Å². The molecule has 0 radical (unpaired) electrons. The van der Waals surface area contributed by atoms with Gasteiger partial charge < -0.3 is 14.5 Å². The molecule has 1 aliphatic rings. The Morgan fingerprint density at radius 3 is 2.71 bits per heavy atom. The fourth-order valence-corrected chi connectivity index (χ4v) is 2.66. The summed E-state index contributed by atoms with van der Waals surface area (Å²) in [7, 11) is 0. The van der Waals surface area contributed by atoms with Crippen molar-refractivity contribution in [1.29, 1.82) is 0 Å². The summed E-state index contributed by atoms with van der Waals surface area (Å²) in [5.74, 6) is -0.563. The highest BCUT2D eigenvalue weighted by atomic mass is 16.5. The predicted molar refractivity (Wildman–Crippen MR) is 76.2 cm³/mol. The molecule has 1 N–H and O–H groups in total. The molecule has 1 unspecified atom stereocenters. The molecule has 1 aromatic rings. The van der Waals surface area contributed by atoms with Crippen molar-refractivity contribution in [2.45, 2.75) is 58.4 Å². The van der Waals surface area contributed by atoms with Gasteiger partial charge >= 0.3 is 5.97 Å². The smallest absolute Gasteiger partial charge is 0.323 e. The first-order valence-corrected chi connectivity index (χ1v) is 7.54. The molecule has 0 spiro atoms. The molecule has 0 saturated heterocycles. The number of hydrogen-bond acceptors (Lipinski definition) is 4. The van der Waals surface area contributed by atoms with Crippen molar-refractivity contribution in [2.75, 3.05) is 6.54 Å². The quantitative estimate of drug-likeness (QED) is 0.842. The van der Waals surface area contributed by atoms with E-state index in [0.29, 0.717) is 12.1 Å². The maximum Gasteiger partial charge on any atom is 0.323 e. The molecule has 1 aliphatic carbocycles. The van der Waals surface area contributed by atoms with Crippen LogP contribution in [-0.2, 0) is 17.6 Å². The minimum Gasteiger partial charge on any atom is -0.480 e. The van der Waals surface area contributed by atoms with E-state index in [1.165, 1.54) is 4.90 Å². The molecule has 6 nitrogen and oxygen atoms in total. The summed E-state index contributed by atoms with van der Waals surface area (Å²) in [5, 5.41) is 12.9. The van der Waals surface area contributed by atoms with Gasteiger partial charge in [0.05, 0.1) is 0 Å². The van der Waals surface area contributed by atoms with Crippen molar-refractivity contribution in [3.8, 4) is 0 Å². The third-order valence-corrected chi connectivity index (χ3v) is 4.09. The van der Waals surface area contributed by atoms with E-state index in [1.807, 2.05) is 13.8 Å². The number of aromatic nitrogens is 1. The zero-order valence-corrected chi connectivity index (χ0v) is 12.6. The summed E-state index contributed by atoms with van der Waals surface area (Å²) in [4.78, 5) is 25.0. The van der Waals surface area contributed by atoms with Crippen LogP contribution in [0, 0.1) is 0 Å². The summed E-state index contributed by atoms with van der Waals surface area (Å²) in [6, 6.07) is -0.147. The number of carboxylic acid groups (broad SMARTS) is 1. The average Bonchev–Trinajstić information content (AvgIpc) is 2.71. The Morgan fingerprint density at radius 2 is 2.05 bits per heavy atom. The fraction of sp³-hybridized carbons (Fsp3) is 0.667. The summed E-state index contributed by atoms with van der Waals surface area (Å²) in [6.07, 6.45) is 5.44. The molecule has 0 aliphatic heterocycles. The topological polar surface area (TPSA) is 83.6 Å². The Morgan fingerprint density at radius 1 is 1.33 bits per heavy atom. The third-order valence-electron chi connectivity index (χ3n) is 4.09. The van der Waals surface area contributed by atoms with Gasteiger partial charge in [-0.25, -0.2) is 0 Å². The Bertz CT molecular complexity index is 524. The molecule has 1 amide bonds. The van der Waals surface area contributed by atoms with Crippen LogP contribution in [0.4, 0.5) is 0 Å². The Balaban J connectivity index is 2.28. The van der Waals surface area contributed by atoms with E-state index in [2.05, 4.69) is 5.16 Å².